The molecular formula is C11H15Br2ClN2. The van der Waals surface area contributed by atoms with Gasteiger partial charge in [0.05, 0.1) is 5.69 Å². The lowest BCUT2D eigenvalue weighted by Crippen LogP contribution is -2.27. The molecule has 0 unspecified atom stereocenters. The number of hydrogen-bond acceptors (Lipinski definition) is 2. The van der Waals surface area contributed by atoms with Gasteiger partial charge in [-0.3, -0.25) is 0 Å². The highest BCUT2D eigenvalue weighted by molar-refractivity contribution is 9.11. The Morgan fingerprint density at radius 3 is 2.62 bits per heavy atom. The van der Waals surface area contributed by atoms with Gasteiger partial charge in [0.25, 0.3) is 0 Å². The minimum Gasteiger partial charge on any atom is -0.398 e. The van der Waals surface area contributed by atoms with Gasteiger partial charge in [0.15, 0.2) is 0 Å². The van der Waals surface area contributed by atoms with Crippen molar-refractivity contribution in [2.45, 2.75) is 25.3 Å². The lowest BCUT2D eigenvalue weighted by atomic mass is 9.96. The molecule has 1 aliphatic heterocycles. The third-order valence-corrected chi connectivity index (χ3v) is 3.93. The summed E-state index contributed by atoms with van der Waals surface area (Å²) in [5, 5.41) is 3.51. The predicted molar refractivity (Wildman–Crippen MR) is 78.1 cm³/mol. The average molecular weight is 371 g/mol. The molecule has 16 heavy (non-hydrogen) atoms. The van der Waals surface area contributed by atoms with Crippen LogP contribution in [-0.4, -0.2) is 6.54 Å². The van der Waals surface area contributed by atoms with E-state index in [1.165, 1.54) is 24.8 Å². The van der Waals surface area contributed by atoms with E-state index in [1.807, 2.05) is 6.07 Å². The number of nitrogens with one attached hydrogen (secondary N) is 1. The van der Waals surface area contributed by atoms with Gasteiger partial charge in [-0.1, -0.05) is 22.4 Å². The molecular weight excluding hydrogens is 355 g/mol. The fraction of sp³-hybridized carbons (Fsp3) is 0.455. The molecule has 5 heteroatoms. The summed E-state index contributed by atoms with van der Waals surface area (Å²) in [6.45, 7) is 1.09. The van der Waals surface area contributed by atoms with Gasteiger partial charge in [-0.25, -0.2) is 0 Å². The highest BCUT2D eigenvalue weighted by atomic mass is 79.9. The third-order valence-electron chi connectivity index (χ3n) is 2.81. The first-order valence-corrected chi connectivity index (χ1v) is 6.75. The van der Waals surface area contributed by atoms with Gasteiger partial charge >= 0.3 is 0 Å². The normalized spacial score (nSPS) is 20.2. The van der Waals surface area contributed by atoms with E-state index >= 15 is 0 Å². The van der Waals surface area contributed by atoms with E-state index in [0.717, 1.165) is 21.2 Å². The third kappa shape index (κ3) is 3.13. The number of nitrogen functional groups attached to an aromatic ring is 1. The monoisotopic (exact) mass is 368 g/mol. The largest absolute Gasteiger partial charge is 0.398 e. The molecule has 0 saturated carbocycles. The standard InChI is InChI=1S/C11H14Br2N2.ClH/c12-7-5-8(11(14)9(13)6-7)10-3-1-2-4-15-10;/h5-6,10,15H,1-4,14H2;1H/t10-;/m0./s1. The second-order valence-corrected chi connectivity index (χ2v) is 5.66. The zero-order valence-corrected chi connectivity index (χ0v) is 12.8. The molecule has 1 aliphatic rings. The molecule has 0 spiro atoms. The summed E-state index contributed by atoms with van der Waals surface area (Å²) in [7, 11) is 0. The smallest absolute Gasteiger partial charge is 0.0507 e. The van der Waals surface area contributed by atoms with Crippen molar-refractivity contribution in [3.63, 3.8) is 0 Å². The average Bonchev–Trinajstić information content (AvgIpc) is 2.24. The van der Waals surface area contributed by atoms with Crippen LogP contribution in [0.1, 0.15) is 30.9 Å². The summed E-state index contributed by atoms with van der Waals surface area (Å²) < 4.78 is 2.05. The number of halogens is 3. The highest BCUT2D eigenvalue weighted by Crippen LogP contribution is 2.34. The fourth-order valence-corrected chi connectivity index (χ4v) is 3.27. The van der Waals surface area contributed by atoms with E-state index in [4.69, 9.17) is 5.73 Å². The first-order valence-electron chi connectivity index (χ1n) is 5.16. The number of hydrogen-bond donors (Lipinski definition) is 2. The topological polar surface area (TPSA) is 38.0 Å². The van der Waals surface area contributed by atoms with Crippen LogP contribution in [-0.2, 0) is 0 Å². The fourth-order valence-electron chi connectivity index (χ4n) is 2.01. The van der Waals surface area contributed by atoms with Gasteiger partial charge in [0.1, 0.15) is 0 Å². The number of rotatable bonds is 1. The maximum Gasteiger partial charge on any atom is 0.0507 e. The highest BCUT2D eigenvalue weighted by Gasteiger charge is 2.18. The van der Waals surface area contributed by atoms with E-state index in [1.54, 1.807) is 0 Å². The van der Waals surface area contributed by atoms with Crippen LogP contribution in [0.25, 0.3) is 0 Å². The van der Waals surface area contributed by atoms with E-state index in [2.05, 4.69) is 43.2 Å². The Balaban J connectivity index is 0.00000128. The first-order chi connectivity index (χ1) is 7.18. The molecule has 1 heterocycles. The minimum atomic E-state index is 0. The molecule has 1 saturated heterocycles. The van der Waals surface area contributed by atoms with Gasteiger partial charge in [-0.15, -0.1) is 12.4 Å². The number of anilines is 1. The summed E-state index contributed by atoms with van der Waals surface area (Å²) in [6.07, 6.45) is 3.72. The zero-order chi connectivity index (χ0) is 10.8. The van der Waals surface area contributed by atoms with Crippen LogP contribution in [0.5, 0.6) is 0 Å². The predicted octanol–water partition coefficient (Wildman–Crippen LogP) is 4.03. The molecule has 0 radical (unpaired) electrons. The molecule has 2 rings (SSSR count). The van der Waals surface area contributed by atoms with Gasteiger partial charge < -0.3 is 11.1 Å². The molecule has 1 aromatic carbocycles. The van der Waals surface area contributed by atoms with Gasteiger partial charge in [-0.2, -0.15) is 0 Å². The first kappa shape index (κ1) is 14.3. The molecule has 0 bridgehead atoms. The summed E-state index contributed by atoms with van der Waals surface area (Å²) >= 11 is 6.98. The Morgan fingerprint density at radius 2 is 2.00 bits per heavy atom. The SMILES string of the molecule is Cl.Nc1c(Br)cc(Br)cc1[C@@H]1CCCCN1. The van der Waals surface area contributed by atoms with Gasteiger partial charge in [0, 0.05) is 15.0 Å². The lowest BCUT2D eigenvalue weighted by Gasteiger charge is -2.25. The van der Waals surface area contributed by atoms with E-state index in [0.29, 0.717) is 6.04 Å². The number of benzene rings is 1. The van der Waals surface area contributed by atoms with E-state index in [-0.39, 0.29) is 12.4 Å². The van der Waals surface area contributed by atoms with Crippen molar-refractivity contribution in [2.24, 2.45) is 0 Å². The molecule has 0 aliphatic carbocycles. The van der Waals surface area contributed by atoms with Crippen LogP contribution >= 0.6 is 44.3 Å². The maximum atomic E-state index is 6.07. The Morgan fingerprint density at radius 1 is 1.25 bits per heavy atom. The quantitative estimate of drug-likeness (QED) is 0.733. The van der Waals surface area contributed by atoms with Crippen LogP contribution < -0.4 is 11.1 Å². The summed E-state index contributed by atoms with van der Waals surface area (Å²) in [5.74, 6) is 0. The molecule has 0 amide bonds. The molecule has 1 fully saturated rings. The summed E-state index contributed by atoms with van der Waals surface area (Å²) in [4.78, 5) is 0. The van der Waals surface area contributed by atoms with E-state index < -0.39 is 0 Å². The van der Waals surface area contributed by atoms with Crippen molar-refractivity contribution in [3.8, 4) is 0 Å². The van der Waals surface area contributed by atoms with E-state index in [9.17, 15) is 0 Å². The van der Waals surface area contributed by atoms with Crippen molar-refractivity contribution in [1.29, 1.82) is 0 Å². The summed E-state index contributed by atoms with van der Waals surface area (Å²) in [6, 6.07) is 4.51. The second-order valence-electron chi connectivity index (χ2n) is 3.89. The van der Waals surface area contributed by atoms with Crippen LogP contribution in [0.3, 0.4) is 0 Å². The van der Waals surface area contributed by atoms with Crippen LogP contribution in [0.4, 0.5) is 5.69 Å². The molecule has 1 aromatic rings. The number of piperidine rings is 1. The minimum absolute atomic E-state index is 0. The molecule has 0 aromatic heterocycles. The molecule has 2 nitrogen and oxygen atoms in total. The molecule has 90 valence electrons. The maximum absolute atomic E-state index is 6.07. The lowest BCUT2D eigenvalue weighted by molar-refractivity contribution is 0.413. The van der Waals surface area contributed by atoms with Crippen molar-refractivity contribution in [1.82, 2.24) is 5.32 Å². The van der Waals surface area contributed by atoms with Crippen molar-refractivity contribution in [3.05, 3.63) is 26.6 Å². The van der Waals surface area contributed by atoms with Crippen molar-refractivity contribution in [2.75, 3.05) is 12.3 Å². The van der Waals surface area contributed by atoms with Crippen LogP contribution in [0.2, 0.25) is 0 Å². The van der Waals surface area contributed by atoms with Crippen molar-refractivity contribution >= 4 is 50.0 Å². The van der Waals surface area contributed by atoms with Crippen LogP contribution in [0, 0.1) is 0 Å². The second kappa shape index (κ2) is 6.24. The summed E-state index contributed by atoms with van der Waals surface area (Å²) in [5.41, 5.74) is 8.14. The Bertz CT molecular complexity index is 365. The molecule has 3 N–H and O–H groups in total. The Kier molecular flexibility index (Phi) is 5.57. The van der Waals surface area contributed by atoms with Crippen LogP contribution in [0.15, 0.2) is 21.1 Å². The zero-order valence-electron chi connectivity index (χ0n) is 8.80. The Hall–Kier alpha value is 0.230. The van der Waals surface area contributed by atoms with Crippen molar-refractivity contribution < 1.29 is 0 Å². The Labute approximate surface area is 119 Å². The van der Waals surface area contributed by atoms with Gasteiger partial charge in [-0.05, 0) is 53.0 Å². The van der Waals surface area contributed by atoms with Gasteiger partial charge in [0.2, 0.25) is 0 Å². The molecule has 1 atom stereocenters. The number of nitrogens with two attached hydrogens (primary N) is 1.